The highest BCUT2D eigenvalue weighted by Gasteiger charge is 2.45. The van der Waals surface area contributed by atoms with Crippen LogP contribution >= 0.6 is 0 Å². The Morgan fingerprint density at radius 2 is 1.90 bits per heavy atom. The average Bonchev–Trinajstić information content (AvgIpc) is 3.46. The number of nitrogens with zero attached hydrogens (tertiary/aromatic N) is 2. The molecule has 0 unspecified atom stereocenters. The number of nitrogens with one attached hydrogen (secondary N) is 1. The zero-order chi connectivity index (χ0) is 21.7. The number of amides is 2. The molecule has 1 N–H and O–H groups in total. The lowest BCUT2D eigenvalue weighted by Crippen LogP contribution is -2.45. The number of carbonyl (C=O) groups excluding carboxylic acids is 2. The first-order valence-electron chi connectivity index (χ1n) is 11.6. The molecule has 1 aliphatic carbocycles. The summed E-state index contributed by atoms with van der Waals surface area (Å²) in [7, 11) is 0. The van der Waals surface area contributed by atoms with Gasteiger partial charge in [0.1, 0.15) is 0 Å². The molecule has 2 fully saturated rings. The minimum absolute atomic E-state index is 0.0718. The maximum atomic E-state index is 13.1. The van der Waals surface area contributed by atoms with Crippen LogP contribution < -0.4 is 5.32 Å². The molecule has 2 heterocycles. The molecule has 1 aromatic carbocycles. The average molecular weight is 420 g/mol. The summed E-state index contributed by atoms with van der Waals surface area (Å²) in [6.45, 7) is 3.76. The molecule has 4 rings (SSSR count). The molecule has 164 valence electrons. The summed E-state index contributed by atoms with van der Waals surface area (Å²) < 4.78 is 0. The van der Waals surface area contributed by atoms with Crippen molar-refractivity contribution < 1.29 is 9.59 Å². The number of pyridine rings is 1. The van der Waals surface area contributed by atoms with Gasteiger partial charge in [-0.1, -0.05) is 43.2 Å². The highest BCUT2D eigenvalue weighted by atomic mass is 16.2. The molecule has 2 amide bonds. The van der Waals surface area contributed by atoms with Crippen molar-refractivity contribution in [2.24, 2.45) is 11.3 Å². The Kier molecular flexibility index (Phi) is 6.69. The second-order valence-electron chi connectivity index (χ2n) is 9.18. The summed E-state index contributed by atoms with van der Waals surface area (Å²) in [5.41, 5.74) is 2.78. The third-order valence-electron chi connectivity index (χ3n) is 6.95. The van der Waals surface area contributed by atoms with E-state index in [2.05, 4.69) is 34.6 Å². The molecule has 1 saturated heterocycles. The first-order chi connectivity index (χ1) is 15.1. The van der Waals surface area contributed by atoms with Crippen LogP contribution in [0.4, 0.5) is 0 Å². The Bertz CT molecular complexity index is 891. The van der Waals surface area contributed by atoms with Gasteiger partial charge in [-0.2, -0.15) is 0 Å². The Labute approximate surface area is 185 Å². The van der Waals surface area contributed by atoms with Gasteiger partial charge in [0.15, 0.2) is 0 Å². The highest BCUT2D eigenvalue weighted by molar-refractivity contribution is 5.85. The van der Waals surface area contributed by atoms with E-state index in [9.17, 15) is 9.59 Å². The molecule has 2 aliphatic rings. The molecule has 5 heteroatoms. The predicted octanol–water partition coefficient (Wildman–Crippen LogP) is 4.23. The summed E-state index contributed by atoms with van der Waals surface area (Å²) in [6.07, 6.45) is 10.5. The summed E-state index contributed by atoms with van der Waals surface area (Å²) in [5.74, 6) is 0.833. The van der Waals surface area contributed by atoms with Crippen LogP contribution in [0.15, 0.2) is 48.8 Å². The van der Waals surface area contributed by atoms with E-state index in [-0.39, 0.29) is 11.8 Å². The quantitative estimate of drug-likeness (QED) is 0.731. The molecule has 31 heavy (non-hydrogen) atoms. The molecule has 1 atom stereocenters. The molecule has 0 bridgehead atoms. The monoisotopic (exact) mass is 419 g/mol. The van der Waals surface area contributed by atoms with Crippen molar-refractivity contribution in [3.63, 3.8) is 0 Å². The van der Waals surface area contributed by atoms with E-state index in [1.54, 1.807) is 6.20 Å². The predicted molar refractivity (Wildman–Crippen MR) is 122 cm³/mol. The molecule has 0 radical (unpaired) electrons. The Balaban J connectivity index is 1.47. The summed E-state index contributed by atoms with van der Waals surface area (Å²) >= 11 is 0. The Morgan fingerprint density at radius 3 is 2.58 bits per heavy atom. The minimum atomic E-state index is -0.544. The van der Waals surface area contributed by atoms with Crippen molar-refractivity contribution in [2.75, 3.05) is 19.6 Å². The van der Waals surface area contributed by atoms with E-state index in [0.29, 0.717) is 38.4 Å². The smallest absolute Gasteiger partial charge is 0.228 e. The van der Waals surface area contributed by atoms with Crippen LogP contribution in [0, 0.1) is 11.3 Å². The lowest BCUT2D eigenvalue weighted by Gasteiger charge is -2.28. The zero-order valence-electron chi connectivity index (χ0n) is 18.5. The van der Waals surface area contributed by atoms with Gasteiger partial charge in [0, 0.05) is 38.4 Å². The molecule has 2 aromatic rings. The zero-order valence-corrected chi connectivity index (χ0v) is 18.5. The van der Waals surface area contributed by atoms with Gasteiger partial charge < -0.3 is 10.2 Å². The third-order valence-corrected chi connectivity index (χ3v) is 6.95. The molecule has 5 nitrogen and oxygen atoms in total. The molecule has 1 aromatic heterocycles. The Hall–Kier alpha value is -2.69. The van der Waals surface area contributed by atoms with Crippen LogP contribution in [0.5, 0.6) is 0 Å². The van der Waals surface area contributed by atoms with Gasteiger partial charge in [0.05, 0.1) is 5.41 Å². The molecular formula is C26H33N3O2. The van der Waals surface area contributed by atoms with Crippen molar-refractivity contribution in [2.45, 2.75) is 51.9 Å². The highest BCUT2D eigenvalue weighted by Crippen LogP contribution is 2.37. The lowest BCUT2D eigenvalue weighted by molar-refractivity contribution is -0.133. The van der Waals surface area contributed by atoms with Crippen LogP contribution in [0.2, 0.25) is 0 Å². The van der Waals surface area contributed by atoms with Gasteiger partial charge in [-0.3, -0.25) is 14.6 Å². The van der Waals surface area contributed by atoms with Gasteiger partial charge in [-0.05, 0) is 61.3 Å². The fourth-order valence-corrected chi connectivity index (χ4v) is 5.17. The number of benzene rings is 1. The third kappa shape index (κ3) is 4.97. The van der Waals surface area contributed by atoms with E-state index in [1.165, 1.54) is 25.7 Å². The number of hydrogen-bond acceptors (Lipinski definition) is 3. The van der Waals surface area contributed by atoms with Crippen LogP contribution in [0.3, 0.4) is 0 Å². The number of likely N-dealkylation sites (tertiary alicyclic amines) is 1. The van der Waals surface area contributed by atoms with Gasteiger partial charge in [-0.15, -0.1) is 0 Å². The van der Waals surface area contributed by atoms with Crippen LogP contribution in [0.25, 0.3) is 11.1 Å². The van der Waals surface area contributed by atoms with Gasteiger partial charge in [-0.25, -0.2) is 0 Å². The van der Waals surface area contributed by atoms with Crippen molar-refractivity contribution in [3.8, 4) is 11.1 Å². The first kappa shape index (κ1) is 21.5. The van der Waals surface area contributed by atoms with Crippen LogP contribution in [-0.2, 0) is 16.0 Å². The fourth-order valence-electron chi connectivity index (χ4n) is 5.17. The summed E-state index contributed by atoms with van der Waals surface area (Å²) in [5, 5.41) is 3.03. The van der Waals surface area contributed by atoms with Gasteiger partial charge in [0.25, 0.3) is 0 Å². The van der Waals surface area contributed by atoms with Crippen LogP contribution in [-0.4, -0.2) is 41.3 Å². The fraction of sp³-hybridized carbons (Fsp3) is 0.500. The topological polar surface area (TPSA) is 62.3 Å². The van der Waals surface area contributed by atoms with Crippen molar-refractivity contribution in [3.05, 3.63) is 54.4 Å². The molecule has 1 aliphatic heterocycles. The minimum Gasteiger partial charge on any atom is -0.356 e. The molecular weight excluding hydrogens is 386 g/mol. The number of aromatic nitrogens is 1. The molecule has 0 spiro atoms. The van der Waals surface area contributed by atoms with E-state index < -0.39 is 5.41 Å². The summed E-state index contributed by atoms with van der Waals surface area (Å²) in [4.78, 5) is 32.2. The molecule has 1 saturated carbocycles. The maximum Gasteiger partial charge on any atom is 0.228 e. The van der Waals surface area contributed by atoms with Crippen LogP contribution in [0.1, 0.15) is 51.0 Å². The van der Waals surface area contributed by atoms with Gasteiger partial charge >= 0.3 is 0 Å². The second kappa shape index (κ2) is 9.63. The normalized spacial score (nSPS) is 21.4. The SMILES string of the molecule is CCNC(=O)[C@]1(Cc2ccc(-c3cccnc3)cc2)CCN(C(=O)CC2CCCC2)C1. The first-order valence-corrected chi connectivity index (χ1v) is 11.6. The standard InChI is InChI=1S/C26H33N3O2/c1-2-28-25(31)26(13-15-29(19-26)24(30)16-20-6-3-4-7-20)17-21-9-11-22(12-10-21)23-8-5-14-27-18-23/h5,8-12,14,18,20H,2-4,6-7,13,15-17,19H2,1H3,(H,28,31)/t26-/m0/s1. The number of hydrogen-bond donors (Lipinski definition) is 1. The maximum absolute atomic E-state index is 13.1. The number of rotatable bonds is 7. The van der Waals surface area contributed by atoms with E-state index in [4.69, 9.17) is 0 Å². The Morgan fingerprint density at radius 1 is 1.13 bits per heavy atom. The van der Waals surface area contributed by atoms with Crippen molar-refractivity contribution in [1.29, 1.82) is 0 Å². The lowest BCUT2D eigenvalue weighted by atomic mass is 9.79. The second-order valence-corrected chi connectivity index (χ2v) is 9.18. The van der Waals surface area contributed by atoms with E-state index >= 15 is 0 Å². The summed E-state index contributed by atoms with van der Waals surface area (Å²) in [6, 6.07) is 12.4. The number of carbonyl (C=O) groups is 2. The van der Waals surface area contributed by atoms with Crippen molar-refractivity contribution >= 4 is 11.8 Å². The van der Waals surface area contributed by atoms with Crippen molar-refractivity contribution in [1.82, 2.24) is 15.2 Å². The largest absolute Gasteiger partial charge is 0.356 e. The van der Waals surface area contributed by atoms with E-state index in [1.807, 2.05) is 30.2 Å². The van der Waals surface area contributed by atoms with E-state index in [0.717, 1.165) is 23.1 Å². The van der Waals surface area contributed by atoms with Gasteiger partial charge in [0.2, 0.25) is 11.8 Å².